The largest absolute Gasteiger partial charge is 0.392 e. The van der Waals surface area contributed by atoms with E-state index in [-0.39, 0.29) is 6.61 Å². The number of benzene rings is 8. The summed E-state index contributed by atoms with van der Waals surface area (Å²) in [5.74, 6) is 0. The number of anilines is 5. The minimum absolute atomic E-state index is 0.0750. The van der Waals surface area contributed by atoms with Gasteiger partial charge in [0.25, 0.3) is 0 Å². The van der Waals surface area contributed by atoms with Crippen molar-refractivity contribution in [2.45, 2.75) is 117 Å². The molecule has 1 amide bonds. The van der Waals surface area contributed by atoms with E-state index >= 15 is 0 Å². The van der Waals surface area contributed by atoms with Crippen molar-refractivity contribution in [1.29, 1.82) is 0 Å². The highest BCUT2D eigenvalue weighted by Crippen LogP contribution is 2.42. The second-order valence-corrected chi connectivity index (χ2v) is 17.6. The normalized spacial score (nSPS) is 11.5. The summed E-state index contributed by atoms with van der Waals surface area (Å²) in [6.45, 7) is 4.47. The predicted molar refractivity (Wildman–Crippen MR) is 275 cm³/mol. The average molecular weight is 848 g/mol. The van der Waals surface area contributed by atoms with Crippen molar-refractivity contribution in [3.8, 4) is 0 Å². The molecule has 0 heterocycles. The SMILES string of the molecule is CCCCCCCCc1c2ccccc2c(Nc2cc(Cc3ccc(NC=O)c(Nc4c5ccccc5c(CCCCCCCC)c5ccccc45)c3)ccc2CO)c2ccccc12. The molecule has 0 saturated carbocycles. The second kappa shape index (κ2) is 22.0. The van der Waals surface area contributed by atoms with Crippen molar-refractivity contribution < 1.29 is 9.90 Å². The van der Waals surface area contributed by atoms with Gasteiger partial charge in [-0.25, -0.2) is 0 Å². The molecule has 0 aromatic heterocycles. The molecule has 0 radical (unpaired) electrons. The Bertz CT molecular complexity index is 2730. The standard InChI is InChI=1S/C59H65N3O2/c1-3-5-7-9-11-13-23-45-47-25-15-19-29-51(47)58(52-30-20-16-26-48(45)52)61-56-38-42(33-35-44(56)40-63)37-43-34-36-55(60-41-64)57(39-43)62-59-53-31-21-17-27-49(53)46(24-14-12-10-8-6-4-2)50-28-18-22-32-54(50)59/h15-22,25-36,38-39,41,61-63H,3-14,23-24,37,40H2,1-2H3,(H,60,64). The molecule has 0 bridgehead atoms. The fraction of sp³-hybridized carbons (Fsp3) is 0.305. The average Bonchev–Trinajstić information content (AvgIpc) is 3.33. The summed E-state index contributed by atoms with van der Waals surface area (Å²) in [6.07, 6.45) is 18.7. The lowest BCUT2D eigenvalue weighted by molar-refractivity contribution is -0.105. The van der Waals surface area contributed by atoms with E-state index in [9.17, 15) is 9.90 Å². The Hall–Kier alpha value is -6.17. The number of hydrogen-bond acceptors (Lipinski definition) is 4. The first-order valence-corrected chi connectivity index (χ1v) is 24.1. The van der Waals surface area contributed by atoms with E-state index in [1.54, 1.807) is 0 Å². The third-order valence-corrected chi connectivity index (χ3v) is 13.2. The van der Waals surface area contributed by atoms with Gasteiger partial charge in [0, 0.05) is 32.8 Å². The number of nitrogens with one attached hydrogen (secondary N) is 3. The number of aliphatic hydroxyl groups excluding tert-OH is 1. The van der Waals surface area contributed by atoms with Crippen LogP contribution in [0.2, 0.25) is 0 Å². The Morgan fingerprint density at radius 2 is 0.828 bits per heavy atom. The number of amides is 1. The minimum atomic E-state index is -0.0750. The van der Waals surface area contributed by atoms with Gasteiger partial charge in [-0.05, 0) is 94.1 Å². The molecule has 5 nitrogen and oxygen atoms in total. The molecule has 0 aliphatic rings. The van der Waals surface area contributed by atoms with E-state index in [0.29, 0.717) is 6.42 Å². The zero-order chi connectivity index (χ0) is 44.1. The minimum Gasteiger partial charge on any atom is -0.392 e. The zero-order valence-corrected chi connectivity index (χ0v) is 37.9. The molecular weight excluding hydrogens is 783 g/mol. The molecule has 64 heavy (non-hydrogen) atoms. The third kappa shape index (κ3) is 10.1. The van der Waals surface area contributed by atoms with Crippen LogP contribution in [0.3, 0.4) is 0 Å². The molecule has 0 aliphatic heterocycles. The fourth-order valence-corrected chi connectivity index (χ4v) is 9.90. The molecule has 0 unspecified atom stereocenters. The van der Waals surface area contributed by atoms with Gasteiger partial charge in [-0.15, -0.1) is 0 Å². The molecule has 5 heteroatoms. The Morgan fingerprint density at radius 3 is 1.27 bits per heavy atom. The fourth-order valence-electron chi connectivity index (χ4n) is 9.90. The van der Waals surface area contributed by atoms with E-state index in [1.165, 1.54) is 131 Å². The van der Waals surface area contributed by atoms with Crippen LogP contribution in [0.25, 0.3) is 43.1 Å². The van der Waals surface area contributed by atoms with Crippen LogP contribution in [0.15, 0.2) is 133 Å². The molecule has 0 atom stereocenters. The Kier molecular flexibility index (Phi) is 15.2. The van der Waals surface area contributed by atoms with Gasteiger partial charge in [-0.2, -0.15) is 0 Å². The number of fused-ring (bicyclic) bond motifs is 4. The summed E-state index contributed by atoms with van der Waals surface area (Å²) in [7, 11) is 0. The van der Waals surface area contributed by atoms with Crippen LogP contribution in [0.4, 0.5) is 28.4 Å². The number of carbonyl (C=O) groups excluding carboxylic acids is 1. The van der Waals surface area contributed by atoms with Crippen molar-refractivity contribution in [1.82, 2.24) is 0 Å². The summed E-state index contributed by atoms with van der Waals surface area (Å²) >= 11 is 0. The van der Waals surface area contributed by atoms with Crippen molar-refractivity contribution >= 4 is 77.9 Å². The maximum atomic E-state index is 12.0. The van der Waals surface area contributed by atoms with Gasteiger partial charge in [-0.3, -0.25) is 4.79 Å². The summed E-state index contributed by atoms with van der Waals surface area (Å²) < 4.78 is 0. The number of rotatable bonds is 23. The van der Waals surface area contributed by atoms with Crippen LogP contribution in [0, 0.1) is 0 Å². The smallest absolute Gasteiger partial charge is 0.211 e. The summed E-state index contributed by atoms with van der Waals surface area (Å²) in [5, 5.41) is 31.2. The van der Waals surface area contributed by atoms with Gasteiger partial charge in [-0.1, -0.05) is 193 Å². The van der Waals surface area contributed by atoms with Crippen LogP contribution in [0.5, 0.6) is 0 Å². The third-order valence-electron chi connectivity index (χ3n) is 13.2. The van der Waals surface area contributed by atoms with Crippen molar-refractivity contribution in [2.24, 2.45) is 0 Å². The molecular formula is C59H65N3O2. The van der Waals surface area contributed by atoms with Crippen LogP contribution >= 0.6 is 0 Å². The van der Waals surface area contributed by atoms with Crippen molar-refractivity contribution in [3.63, 3.8) is 0 Å². The first kappa shape index (κ1) is 44.4. The van der Waals surface area contributed by atoms with Gasteiger partial charge >= 0.3 is 0 Å². The summed E-state index contributed by atoms with van der Waals surface area (Å²) in [6, 6.07) is 47.7. The predicted octanol–water partition coefficient (Wildman–Crippen LogP) is 16.2. The van der Waals surface area contributed by atoms with Gasteiger partial charge < -0.3 is 21.1 Å². The Labute approximate surface area is 380 Å². The van der Waals surface area contributed by atoms with Crippen molar-refractivity contribution in [2.75, 3.05) is 16.0 Å². The number of hydrogen-bond donors (Lipinski definition) is 4. The molecule has 8 aromatic rings. The highest BCUT2D eigenvalue weighted by Gasteiger charge is 2.18. The van der Waals surface area contributed by atoms with Crippen molar-refractivity contribution in [3.05, 3.63) is 161 Å². The lowest BCUT2D eigenvalue weighted by Crippen LogP contribution is -2.04. The maximum Gasteiger partial charge on any atom is 0.211 e. The Morgan fingerprint density at radius 1 is 0.438 bits per heavy atom. The first-order chi connectivity index (χ1) is 31.6. The monoisotopic (exact) mass is 848 g/mol. The van der Waals surface area contributed by atoms with E-state index in [0.717, 1.165) is 64.4 Å². The number of aliphatic hydroxyl groups is 1. The van der Waals surface area contributed by atoms with Crippen LogP contribution < -0.4 is 16.0 Å². The zero-order valence-electron chi connectivity index (χ0n) is 37.9. The lowest BCUT2D eigenvalue weighted by Gasteiger charge is -2.21. The lowest BCUT2D eigenvalue weighted by atomic mass is 9.91. The summed E-state index contributed by atoms with van der Waals surface area (Å²) in [5.41, 5.74) is 10.5. The first-order valence-electron chi connectivity index (χ1n) is 24.1. The van der Waals surface area contributed by atoms with E-state index in [2.05, 4.69) is 151 Å². The molecule has 8 aromatic carbocycles. The van der Waals surface area contributed by atoms with E-state index < -0.39 is 0 Å². The van der Waals surface area contributed by atoms with Gasteiger partial charge in [0.1, 0.15) is 0 Å². The second-order valence-electron chi connectivity index (χ2n) is 17.6. The molecule has 4 N–H and O–H groups in total. The van der Waals surface area contributed by atoms with Crippen LogP contribution in [-0.2, 0) is 30.7 Å². The highest BCUT2D eigenvalue weighted by atomic mass is 16.3. The molecule has 0 saturated heterocycles. The van der Waals surface area contributed by atoms with Crippen LogP contribution in [0.1, 0.15) is 119 Å². The van der Waals surface area contributed by atoms with E-state index in [4.69, 9.17) is 0 Å². The maximum absolute atomic E-state index is 12.0. The van der Waals surface area contributed by atoms with Gasteiger partial charge in [0.15, 0.2) is 0 Å². The number of unbranched alkanes of at least 4 members (excludes halogenated alkanes) is 10. The molecule has 0 aliphatic carbocycles. The summed E-state index contributed by atoms with van der Waals surface area (Å²) in [4.78, 5) is 12.0. The Balaban J connectivity index is 1.10. The molecule has 328 valence electrons. The number of carbonyl (C=O) groups is 1. The molecule has 0 fully saturated rings. The highest BCUT2D eigenvalue weighted by molar-refractivity contribution is 6.16. The molecule has 0 spiro atoms. The van der Waals surface area contributed by atoms with Gasteiger partial charge in [0.2, 0.25) is 6.41 Å². The van der Waals surface area contributed by atoms with Gasteiger partial charge in [0.05, 0.1) is 29.4 Å². The topological polar surface area (TPSA) is 73.4 Å². The quantitative estimate of drug-likeness (QED) is 0.0294. The van der Waals surface area contributed by atoms with Crippen LogP contribution in [-0.4, -0.2) is 11.5 Å². The number of aryl methyl sites for hydroxylation is 2. The molecule has 8 rings (SSSR count). The van der Waals surface area contributed by atoms with E-state index in [1.807, 2.05) is 12.1 Å².